The van der Waals surface area contributed by atoms with Crippen LogP contribution in [0.2, 0.25) is 0 Å². The summed E-state index contributed by atoms with van der Waals surface area (Å²) in [6.07, 6.45) is -3.41. The summed E-state index contributed by atoms with van der Waals surface area (Å²) in [5, 5.41) is 12.1. The summed E-state index contributed by atoms with van der Waals surface area (Å²) in [6.45, 7) is 1.97. The van der Waals surface area contributed by atoms with E-state index in [1.807, 2.05) is 11.0 Å². The molecule has 29 heavy (non-hydrogen) atoms. The molecule has 1 fully saturated rings. The number of carbonyl (C=O) groups excluding carboxylic acids is 1. The smallest absolute Gasteiger partial charge is 0.352 e. The van der Waals surface area contributed by atoms with E-state index in [4.69, 9.17) is 0 Å². The number of amides is 1. The van der Waals surface area contributed by atoms with Crippen molar-refractivity contribution in [2.75, 3.05) is 31.1 Å². The Bertz CT molecular complexity index is 1040. The van der Waals surface area contributed by atoms with E-state index in [9.17, 15) is 22.4 Å². The fraction of sp³-hybridized carbons (Fsp3) is 0.333. The average molecular weight is 408 g/mol. The van der Waals surface area contributed by atoms with Gasteiger partial charge in [0.25, 0.3) is 0 Å². The Morgan fingerprint density at radius 3 is 2.52 bits per heavy atom. The van der Waals surface area contributed by atoms with E-state index in [0.717, 1.165) is 18.0 Å². The molecule has 0 N–H and O–H groups in total. The molecule has 7 nitrogen and oxygen atoms in total. The summed E-state index contributed by atoms with van der Waals surface area (Å²) in [5.74, 6) is -0.900. The molecule has 1 aliphatic heterocycles. The fourth-order valence-corrected chi connectivity index (χ4v) is 3.26. The van der Waals surface area contributed by atoms with Gasteiger partial charge >= 0.3 is 6.18 Å². The molecule has 0 unspecified atom stereocenters. The van der Waals surface area contributed by atoms with Crippen molar-refractivity contribution in [2.24, 2.45) is 0 Å². The lowest BCUT2D eigenvalue weighted by molar-refractivity contribution is -0.140. The lowest BCUT2D eigenvalue weighted by Gasteiger charge is -2.35. The number of benzene rings is 1. The third-order valence-electron chi connectivity index (χ3n) is 4.80. The molecule has 1 aromatic carbocycles. The second-order valence-electron chi connectivity index (χ2n) is 6.68. The van der Waals surface area contributed by atoms with Gasteiger partial charge in [-0.15, -0.1) is 15.3 Å². The van der Waals surface area contributed by atoms with E-state index >= 15 is 0 Å². The molecule has 3 heterocycles. The Morgan fingerprint density at radius 1 is 1.07 bits per heavy atom. The molecule has 0 spiro atoms. The van der Waals surface area contributed by atoms with Crippen molar-refractivity contribution >= 4 is 17.4 Å². The lowest BCUT2D eigenvalue weighted by Crippen LogP contribution is -2.49. The van der Waals surface area contributed by atoms with Crippen molar-refractivity contribution in [3.63, 3.8) is 0 Å². The van der Waals surface area contributed by atoms with Crippen LogP contribution in [-0.4, -0.2) is 56.8 Å². The molecule has 11 heteroatoms. The van der Waals surface area contributed by atoms with E-state index in [1.165, 1.54) is 6.33 Å². The maximum atomic E-state index is 13.7. The number of nitrogens with zero attached hydrogens (tertiary/aromatic N) is 6. The van der Waals surface area contributed by atoms with E-state index in [1.54, 1.807) is 15.5 Å². The van der Waals surface area contributed by atoms with E-state index in [-0.39, 0.29) is 17.9 Å². The summed E-state index contributed by atoms with van der Waals surface area (Å²) in [4.78, 5) is 16.1. The van der Waals surface area contributed by atoms with Gasteiger partial charge in [-0.3, -0.25) is 4.79 Å². The number of halogens is 4. The standard InChI is InChI=1S/C18H16F4N6O/c19-14-9-12(1-2-13(14)18(20,21)22)10-17(29)27-7-5-26(6-8-27)16-4-3-15-24-23-11-28(15)25-16/h1-4,9,11H,5-8,10H2. The summed E-state index contributed by atoms with van der Waals surface area (Å²) in [5.41, 5.74) is -0.492. The van der Waals surface area contributed by atoms with Crippen molar-refractivity contribution in [3.8, 4) is 0 Å². The van der Waals surface area contributed by atoms with Crippen LogP contribution in [0.3, 0.4) is 0 Å². The molecule has 0 aliphatic carbocycles. The summed E-state index contributed by atoms with van der Waals surface area (Å²) >= 11 is 0. The molecule has 0 saturated carbocycles. The zero-order chi connectivity index (χ0) is 20.6. The van der Waals surface area contributed by atoms with Gasteiger partial charge in [0.15, 0.2) is 5.65 Å². The van der Waals surface area contributed by atoms with E-state index in [0.29, 0.717) is 37.9 Å². The zero-order valence-electron chi connectivity index (χ0n) is 15.1. The topological polar surface area (TPSA) is 66.6 Å². The number of alkyl halides is 3. The Hall–Kier alpha value is -3.24. The second-order valence-corrected chi connectivity index (χ2v) is 6.68. The Morgan fingerprint density at radius 2 is 1.83 bits per heavy atom. The highest BCUT2D eigenvalue weighted by molar-refractivity contribution is 5.79. The Kier molecular flexibility index (Phi) is 4.81. The molecule has 0 atom stereocenters. The maximum Gasteiger partial charge on any atom is 0.419 e. The van der Waals surface area contributed by atoms with Crippen LogP contribution < -0.4 is 4.90 Å². The van der Waals surface area contributed by atoms with Crippen LogP contribution in [0.15, 0.2) is 36.7 Å². The van der Waals surface area contributed by atoms with E-state index < -0.39 is 17.6 Å². The molecule has 2 aromatic heterocycles. The molecule has 152 valence electrons. The molecule has 0 bridgehead atoms. The highest BCUT2D eigenvalue weighted by atomic mass is 19.4. The molecule has 1 saturated heterocycles. The van der Waals surface area contributed by atoms with Crippen LogP contribution >= 0.6 is 0 Å². The number of anilines is 1. The minimum Gasteiger partial charge on any atom is -0.352 e. The quantitative estimate of drug-likeness (QED) is 0.622. The summed E-state index contributed by atoms with van der Waals surface area (Å²) in [6, 6.07) is 6.20. The van der Waals surface area contributed by atoms with Crippen molar-refractivity contribution < 1.29 is 22.4 Å². The van der Waals surface area contributed by atoms with Crippen LogP contribution in [0.25, 0.3) is 5.65 Å². The molecule has 1 aliphatic rings. The van der Waals surface area contributed by atoms with Crippen molar-refractivity contribution in [1.29, 1.82) is 0 Å². The number of fused-ring (bicyclic) bond motifs is 1. The van der Waals surface area contributed by atoms with Crippen molar-refractivity contribution in [1.82, 2.24) is 24.7 Å². The van der Waals surface area contributed by atoms with Gasteiger partial charge in [-0.1, -0.05) is 6.07 Å². The molecule has 0 radical (unpaired) electrons. The van der Waals surface area contributed by atoms with Gasteiger partial charge in [-0.25, -0.2) is 4.39 Å². The van der Waals surface area contributed by atoms with E-state index in [2.05, 4.69) is 15.3 Å². The highest BCUT2D eigenvalue weighted by Crippen LogP contribution is 2.31. The number of aromatic nitrogens is 4. The second kappa shape index (κ2) is 7.30. The number of hydrogen-bond acceptors (Lipinski definition) is 5. The Balaban J connectivity index is 1.37. The third-order valence-corrected chi connectivity index (χ3v) is 4.80. The molecule has 4 rings (SSSR count). The minimum absolute atomic E-state index is 0.153. The lowest BCUT2D eigenvalue weighted by atomic mass is 10.1. The van der Waals surface area contributed by atoms with Gasteiger partial charge in [0.05, 0.1) is 12.0 Å². The summed E-state index contributed by atoms with van der Waals surface area (Å²) < 4.78 is 53.2. The first-order valence-corrected chi connectivity index (χ1v) is 8.87. The molecular weight excluding hydrogens is 392 g/mol. The van der Waals surface area contributed by atoms with Gasteiger partial charge in [0.2, 0.25) is 5.91 Å². The van der Waals surface area contributed by atoms with Crippen LogP contribution in [0.4, 0.5) is 23.4 Å². The van der Waals surface area contributed by atoms with Crippen LogP contribution in [0, 0.1) is 5.82 Å². The molecule has 1 amide bonds. The largest absolute Gasteiger partial charge is 0.419 e. The number of hydrogen-bond donors (Lipinski definition) is 0. The van der Waals surface area contributed by atoms with Gasteiger partial charge in [0, 0.05) is 26.2 Å². The highest BCUT2D eigenvalue weighted by Gasteiger charge is 2.34. The first kappa shape index (κ1) is 19.1. The van der Waals surface area contributed by atoms with Crippen molar-refractivity contribution in [2.45, 2.75) is 12.6 Å². The maximum absolute atomic E-state index is 13.7. The number of rotatable bonds is 3. The predicted octanol–water partition coefficient (Wildman–Crippen LogP) is 2.17. The van der Waals surface area contributed by atoms with Crippen molar-refractivity contribution in [3.05, 3.63) is 53.6 Å². The third kappa shape index (κ3) is 3.98. The van der Waals surface area contributed by atoms with Crippen LogP contribution in [0.1, 0.15) is 11.1 Å². The number of carbonyl (C=O) groups is 1. The fourth-order valence-electron chi connectivity index (χ4n) is 3.26. The summed E-state index contributed by atoms with van der Waals surface area (Å²) in [7, 11) is 0. The average Bonchev–Trinajstić information content (AvgIpc) is 3.15. The first-order chi connectivity index (χ1) is 13.8. The minimum atomic E-state index is -4.76. The monoisotopic (exact) mass is 408 g/mol. The molecule has 3 aromatic rings. The number of piperazine rings is 1. The van der Waals surface area contributed by atoms with Gasteiger partial charge in [-0.2, -0.15) is 17.7 Å². The SMILES string of the molecule is O=C(Cc1ccc(C(F)(F)F)c(F)c1)N1CCN(c2ccc3nncn3n2)CC1. The zero-order valence-corrected chi connectivity index (χ0v) is 15.1. The van der Waals surface area contributed by atoms with Crippen LogP contribution in [0.5, 0.6) is 0 Å². The van der Waals surface area contributed by atoms with Crippen LogP contribution in [-0.2, 0) is 17.4 Å². The normalized spacial score (nSPS) is 15.2. The molecular formula is C18H16F4N6O. The predicted molar refractivity (Wildman–Crippen MR) is 94.7 cm³/mol. The van der Waals surface area contributed by atoms with Gasteiger partial charge in [-0.05, 0) is 29.8 Å². The van der Waals surface area contributed by atoms with Gasteiger partial charge in [0.1, 0.15) is 18.0 Å². The first-order valence-electron chi connectivity index (χ1n) is 8.87. The van der Waals surface area contributed by atoms with Gasteiger partial charge < -0.3 is 9.80 Å². The Labute approximate surface area is 162 Å².